The Balaban J connectivity index is 1.89. The van der Waals surface area contributed by atoms with E-state index in [1.807, 2.05) is 6.08 Å². The van der Waals surface area contributed by atoms with Crippen molar-refractivity contribution in [2.24, 2.45) is 0 Å². The Kier molecular flexibility index (Phi) is 64.7. The van der Waals surface area contributed by atoms with Crippen molar-refractivity contribution in [3.8, 4) is 0 Å². The minimum atomic E-state index is -1.58. The van der Waals surface area contributed by atoms with Gasteiger partial charge in [0.25, 0.3) is 0 Å². The van der Waals surface area contributed by atoms with Crippen molar-refractivity contribution in [3.63, 3.8) is 0 Å². The molecule has 0 bridgehead atoms. The molecule has 0 aromatic rings. The lowest BCUT2D eigenvalue weighted by molar-refractivity contribution is -0.302. The Labute approximate surface area is 555 Å². The summed E-state index contributed by atoms with van der Waals surface area (Å²) in [6.07, 6.45) is 80.1. The molecule has 90 heavy (non-hydrogen) atoms. The van der Waals surface area contributed by atoms with E-state index in [-0.39, 0.29) is 18.5 Å². The molecular weight excluding hydrogens is 1120 g/mol. The summed E-state index contributed by atoms with van der Waals surface area (Å²) >= 11 is 0. The number of hydrogen-bond donors (Lipinski definition) is 6. The van der Waals surface area contributed by atoms with Crippen LogP contribution in [0.1, 0.15) is 380 Å². The van der Waals surface area contributed by atoms with Crippen LogP contribution in [0.5, 0.6) is 0 Å². The highest BCUT2D eigenvalue weighted by atomic mass is 16.7. The summed E-state index contributed by atoms with van der Waals surface area (Å²) in [5.41, 5.74) is 0. The molecule has 0 spiro atoms. The fourth-order valence-corrected chi connectivity index (χ4v) is 12.3. The molecule has 6 N–H and O–H groups in total. The van der Waals surface area contributed by atoms with E-state index >= 15 is 0 Å². The van der Waals surface area contributed by atoms with Gasteiger partial charge in [0, 0.05) is 12.8 Å². The van der Waals surface area contributed by atoms with Gasteiger partial charge in [-0.2, -0.15) is 0 Å². The van der Waals surface area contributed by atoms with Crippen LogP contribution in [0.25, 0.3) is 0 Å². The van der Waals surface area contributed by atoms with Gasteiger partial charge >= 0.3 is 5.97 Å². The van der Waals surface area contributed by atoms with Gasteiger partial charge in [-0.25, -0.2) is 0 Å². The molecule has 11 nitrogen and oxygen atoms in total. The van der Waals surface area contributed by atoms with Crippen LogP contribution in [0.15, 0.2) is 48.6 Å². The van der Waals surface area contributed by atoms with Crippen LogP contribution >= 0.6 is 0 Å². The summed E-state index contributed by atoms with van der Waals surface area (Å²) in [7, 11) is 0. The molecule has 1 amide bonds. The molecule has 1 rings (SSSR count). The molecule has 0 radical (unpaired) electrons. The molecule has 11 heteroatoms. The first-order valence-electron chi connectivity index (χ1n) is 38.9. The van der Waals surface area contributed by atoms with E-state index in [0.29, 0.717) is 19.4 Å². The van der Waals surface area contributed by atoms with Gasteiger partial charge in [0.2, 0.25) is 5.91 Å². The average molecular weight is 1270 g/mol. The molecule has 1 aliphatic rings. The summed E-state index contributed by atoms with van der Waals surface area (Å²) in [4.78, 5) is 25.2. The van der Waals surface area contributed by atoms with E-state index < -0.39 is 49.5 Å². The van der Waals surface area contributed by atoms with Crippen LogP contribution in [0.2, 0.25) is 0 Å². The highest BCUT2D eigenvalue weighted by Gasteiger charge is 2.44. The number of aliphatic hydroxyl groups is 5. The van der Waals surface area contributed by atoms with Crippen LogP contribution < -0.4 is 5.32 Å². The predicted octanol–water partition coefficient (Wildman–Crippen LogP) is 20.7. The number of aliphatic hydroxyl groups excluding tert-OH is 5. The number of unbranched alkanes of at least 4 members (excludes halogenated alkanes) is 49. The number of allylic oxidation sites excluding steroid dienone is 7. The minimum Gasteiger partial charge on any atom is -0.466 e. The van der Waals surface area contributed by atoms with Crippen molar-refractivity contribution < 1.29 is 49.3 Å². The van der Waals surface area contributed by atoms with E-state index in [4.69, 9.17) is 14.2 Å². The molecule has 1 heterocycles. The summed E-state index contributed by atoms with van der Waals surface area (Å²) in [5.74, 6) is -0.179. The number of carbonyl (C=O) groups excluding carboxylic acids is 2. The number of carbonyl (C=O) groups is 2. The fourth-order valence-electron chi connectivity index (χ4n) is 12.3. The van der Waals surface area contributed by atoms with Crippen molar-refractivity contribution in [1.29, 1.82) is 0 Å². The van der Waals surface area contributed by atoms with Crippen LogP contribution in [0.4, 0.5) is 0 Å². The van der Waals surface area contributed by atoms with E-state index in [9.17, 15) is 35.1 Å². The van der Waals surface area contributed by atoms with Gasteiger partial charge in [-0.1, -0.05) is 339 Å². The lowest BCUT2D eigenvalue weighted by Crippen LogP contribution is -2.60. The zero-order valence-electron chi connectivity index (χ0n) is 58.9. The molecule has 528 valence electrons. The largest absolute Gasteiger partial charge is 0.466 e. The van der Waals surface area contributed by atoms with Gasteiger partial charge in [-0.05, 0) is 77.0 Å². The molecule has 1 aliphatic heterocycles. The Morgan fingerprint density at radius 1 is 0.411 bits per heavy atom. The standard InChI is InChI=1S/C79H147NO10/c1-3-5-7-9-11-13-15-16-17-18-34-38-41-44-47-51-55-59-63-67-75(84)88-68-64-60-56-52-48-45-42-39-36-33-31-29-27-25-23-21-19-20-22-24-26-28-30-32-35-37-40-43-46-50-54-58-62-66-74(83)80-71(70-89-79-78(87)77(86)76(85)73(69-81)90-79)72(82)65-61-57-53-49-14-12-10-8-6-4-2/h14,23,25,29,31,49,61,65,71-73,76-79,81-82,85-87H,3-13,15-22,24,26-28,30,32-48,50-60,62-64,66-70H2,1-2H3,(H,80,83)/b25-23-,31-29-,49-14+,65-61+. The molecule has 1 saturated heterocycles. The molecule has 7 unspecified atom stereocenters. The monoisotopic (exact) mass is 1270 g/mol. The third-order valence-corrected chi connectivity index (χ3v) is 18.4. The summed E-state index contributed by atoms with van der Waals surface area (Å²) in [6, 6.07) is -0.826. The normalized spacial score (nSPS) is 17.9. The molecule has 0 saturated carbocycles. The van der Waals surface area contributed by atoms with Crippen molar-refractivity contribution in [3.05, 3.63) is 48.6 Å². The first-order valence-corrected chi connectivity index (χ1v) is 38.9. The zero-order valence-corrected chi connectivity index (χ0v) is 58.9. The Morgan fingerprint density at radius 2 is 0.756 bits per heavy atom. The van der Waals surface area contributed by atoms with Crippen molar-refractivity contribution in [2.75, 3.05) is 19.8 Å². The number of esters is 1. The fraction of sp³-hybridized carbons (Fsp3) is 0.873. The van der Waals surface area contributed by atoms with E-state index in [1.54, 1.807) is 6.08 Å². The maximum atomic E-state index is 13.0. The number of ether oxygens (including phenoxy) is 3. The van der Waals surface area contributed by atoms with Crippen molar-refractivity contribution in [2.45, 2.75) is 423 Å². The van der Waals surface area contributed by atoms with Crippen LogP contribution in [-0.2, 0) is 23.8 Å². The van der Waals surface area contributed by atoms with Crippen molar-refractivity contribution in [1.82, 2.24) is 5.32 Å². The lowest BCUT2D eigenvalue weighted by atomic mass is 9.99. The summed E-state index contributed by atoms with van der Waals surface area (Å²) in [5, 5.41) is 54.3. The number of nitrogens with one attached hydrogen (secondary N) is 1. The van der Waals surface area contributed by atoms with Crippen LogP contribution in [-0.4, -0.2) is 100 Å². The average Bonchev–Trinajstić information content (AvgIpc) is 2.62. The van der Waals surface area contributed by atoms with Crippen LogP contribution in [0.3, 0.4) is 0 Å². The van der Waals surface area contributed by atoms with E-state index in [2.05, 4.69) is 55.6 Å². The highest BCUT2D eigenvalue weighted by Crippen LogP contribution is 2.24. The topological polar surface area (TPSA) is 175 Å². The molecule has 0 aliphatic carbocycles. The highest BCUT2D eigenvalue weighted by molar-refractivity contribution is 5.76. The SMILES string of the molecule is CCCCCC/C=C/CC/C=C/C(O)C(COC1OC(CO)C(O)C(O)C1O)NC(=O)CCCCCCCCCCCCCCCCCCC/C=C\C/C=C\CCCCCCCCCCCOC(=O)CCCCCCCCCCCCCCCCCCCCC. The molecule has 0 aromatic carbocycles. The first kappa shape index (κ1) is 85.6. The Bertz CT molecular complexity index is 1630. The Hall–Kier alpha value is -2.38. The second-order valence-electron chi connectivity index (χ2n) is 27.1. The third-order valence-electron chi connectivity index (χ3n) is 18.4. The Morgan fingerprint density at radius 3 is 1.18 bits per heavy atom. The summed E-state index contributed by atoms with van der Waals surface area (Å²) < 4.78 is 16.7. The first-order chi connectivity index (χ1) is 44.2. The number of hydrogen-bond acceptors (Lipinski definition) is 10. The van der Waals surface area contributed by atoms with E-state index in [0.717, 1.165) is 57.8 Å². The molecule has 1 fully saturated rings. The van der Waals surface area contributed by atoms with Gasteiger partial charge in [-0.3, -0.25) is 9.59 Å². The van der Waals surface area contributed by atoms with Crippen molar-refractivity contribution >= 4 is 11.9 Å². The zero-order chi connectivity index (χ0) is 65.1. The van der Waals surface area contributed by atoms with Gasteiger partial charge in [-0.15, -0.1) is 0 Å². The molecule has 7 atom stereocenters. The van der Waals surface area contributed by atoms with Gasteiger partial charge in [0.05, 0.1) is 32.0 Å². The quantitative estimate of drug-likeness (QED) is 0.0195. The molecular formula is C79H147NO10. The summed E-state index contributed by atoms with van der Waals surface area (Å²) in [6.45, 7) is 4.33. The second-order valence-corrected chi connectivity index (χ2v) is 27.1. The maximum absolute atomic E-state index is 13.0. The van der Waals surface area contributed by atoms with Crippen LogP contribution in [0, 0.1) is 0 Å². The van der Waals surface area contributed by atoms with Gasteiger partial charge in [0.15, 0.2) is 6.29 Å². The smallest absolute Gasteiger partial charge is 0.305 e. The number of rotatable bonds is 69. The minimum absolute atomic E-state index is 0.0119. The van der Waals surface area contributed by atoms with E-state index in [1.165, 1.54) is 295 Å². The van der Waals surface area contributed by atoms with Gasteiger partial charge in [0.1, 0.15) is 24.4 Å². The lowest BCUT2D eigenvalue weighted by Gasteiger charge is -2.40. The molecule has 0 aromatic heterocycles. The second kappa shape index (κ2) is 68.0. The van der Waals surface area contributed by atoms with Gasteiger partial charge < -0.3 is 45.1 Å². The predicted molar refractivity (Wildman–Crippen MR) is 380 cm³/mol. The number of amides is 1. The maximum Gasteiger partial charge on any atom is 0.305 e. The third kappa shape index (κ3) is 56.0.